The van der Waals surface area contributed by atoms with E-state index < -0.39 is 0 Å². The predicted octanol–water partition coefficient (Wildman–Crippen LogP) is 14.3. The van der Waals surface area contributed by atoms with E-state index in [0.717, 1.165) is 56.7 Å². The zero-order chi connectivity index (χ0) is 39.0. The largest absolute Gasteiger partial charge is 0.310 e. The average molecular weight is 745 g/mol. The molecule has 0 atom stereocenters. The average Bonchev–Trinajstić information content (AvgIpc) is 3.62. The third kappa shape index (κ3) is 6.41. The van der Waals surface area contributed by atoms with Gasteiger partial charge in [-0.05, 0) is 109 Å². The molecule has 4 nitrogen and oxygen atoms in total. The molecule has 2 heterocycles. The van der Waals surface area contributed by atoms with E-state index in [4.69, 9.17) is 9.97 Å². The number of rotatable bonds is 8. The van der Waals surface area contributed by atoms with Gasteiger partial charge in [0.1, 0.15) is 0 Å². The molecule has 2 aromatic heterocycles. The molecule has 0 saturated heterocycles. The summed E-state index contributed by atoms with van der Waals surface area (Å²) in [4.78, 5) is 12.5. The summed E-state index contributed by atoms with van der Waals surface area (Å²) in [6.07, 6.45) is 0. The molecule has 0 N–H and O–H groups in total. The number of benzene rings is 8. The van der Waals surface area contributed by atoms with Crippen molar-refractivity contribution in [2.45, 2.75) is 13.8 Å². The number of fused-ring (bicyclic) bond motifs is 3. The second-order valence-electron chi connectivity index (χ2n) is 14.8. The van der Waals surface area contributed by atoms with E-state index in [9.17, 15) is 0 Å². The highest BCUT2D eigenvalue weighted by Crippen LogP contribution is 2.40. The van der Waals surface area contributed by atoms with Crippen LogP contribution in [0.4, 0.5) is 17.1 Å². The van der Waals surface area contributed by atoms with Crippen molar-refractivity contribution in [3.05, 3.63) is 217 Å². The van der Waals surface area contributed by atoms with Crippen LogP contribution in [-0.2, 0) is 0 Å². The van der Waals surface area contributed by atoms with Gasteiger partial charge in [-0.1, -0.05) is 133 Å². The minimum Gasteiger partial charge on any atom is -0.310 e. The molecule has 0 bridgehead atoms. The summed E-state index contributed by atoms with van der Waals surface area (Å²) in [5.41, 5.74) is 16.6. The smallest absolute Gasteiger partial charge is 0.160 e. The van der Waals surface area contributed by atoms with Crippen molar-refractivity contribution in [3.8, 4) is 50.7 Å². The second kappa shape index (κ2) is 14.8. The predicted molar refractivity (Wildman–Crippen MR) is 242 cm³/mol. The molecule has 0 radical (unpaired) electrons. The summed E-state index contributed by atoms with van der Waals surface area (Å²) < 4.78 is 2.39. The Morgan fingerprint density at radius 2 is 0.914 bits per heavy atom. The third-order valence-electron chi connectivity index (χ3n) is 11.1. The second-order valence-corrected chi connectivity index (χ2v) is 14.8. The first kappa shape index (κ1) is 34.9. The lowest BCUT2D eigenvalue weighted by Crippen LogP contribution is -2.09. The Morgan fingerprint density at radius 1 is 0.379 bits per heavy atom. The number of hydrogen-bond acceptors (Lipinski definition) is 3. The highest BCUT2D eigenvalue weighted by Gasteiger charge is 2.18. The van der Waals surface area contributed by atoms with Gasteiger partial charge in [-0.25, -0.2) is 9.97 Å². The van der Waals surface area contributed by atoms with Crippen LogP contribution >= 0.6 is 0 Å². The van der Waals surface area contributed by atoms with Crippen LogP contribution in [0.25, 0.3) is 72.5 Å². The van der Waals surface area contributed by atoms with Crippen molar-refractivity contribution >= 4 is 38.9 Å². The summed E-state index contributed by atoms with van der Waals surface area (Å²) in [5.74, 6) is 0.722. The molecular formula is C54H40N4. The summed E-state index contributed by atoms with van der Waals surface area (Å²) in [7, 11) is 0. The van der Waals surface area contributed by atoms with E-state index in [0.29, 0.717) is 0 Å². The third-order valence-corrected chi connectivity index (χ3v) is 11.1. The van der Waals surface area contributed by atoms with Crippen LogP contribution < -0.4 is 4.90 Å². The topological polar surface area (TPSA) is 34.0 Å². The number of hydrogen-bond donors (Lipinski definition) is 0. The van der Waals surface area contributed by atoms with Crippen LogP contribution in [-0.4, -0.2) is 14.5 Å². The molecule has 276 valence electrons. The fraction of sp³-hybridized carbons (Fsp3) is 0.0370. The Bertz CT molecular complexity index is 2950. The normalized spacial score (nSPS) is 11.3. The molecular weight excluding hydrogens is 705 g/mol. The zero-order valence-corrected chi connectivity index (χ0v) is 32.4. The van der Waals surface area contributed by atoms with Gasteiger partial charge in [0.2, 0.25) is 0 Å². The van der Waals surface area contributed by atoms with Crippen molar-refractivity contribution in [3.63, 3.8) is 0 Å². The van der Waals surface area contributed by atoms with E-state index in [-0.39, 0.29) is 0 Å². The van der Waals surface area contributed by atoms with E-state index in [2.05, 4.69) is 205 Å². The van der Waals surface area contributed by atoms with Crippen LogP contribution in [0.15, 0.2) is 206 Å². The molecule has 0 saturated carbocycles. The number of para-hydroxylation sites is 3. The van der Waals surface area contributed by atoms with Crippen molar-refractivity contribution in [2.24, 2.45) is 0 Å². The highest BCUT2D eigenvalue weighted by atomic mass is 15.1. The first-order valence-electron chi connectivity index (χ1n) is 19.7. The Balaban J connectivity index is 1.03. The lowest BCUT2D eigenvalue weighted by Gasteiger charge is -2.25. The fourth-order valence-electron chi connectivity index (χ4n) is 8.23. The quantitative estimate of drug-likeness (QED) is 0.155. The molecule has 0 unspecified atom stereocenters. The Labute approximate surface area is 339 Å². The van der Waals surface area contributed by atoms with Gasteiger partial charge in [-0.15, -0.1) is 0 Å². The van der Waals surface area contributed by atoms with Gasteiger partial charge < -0.3 is 9.47 Å². The van der Waals surface area contributed by atoms with Crippen molar-refractivity contribution in [1.82, 2.24) is 14.5 Å². The molecule has 0 amide bonds. The van der Waals surface area contributed by atoms with Gasteiger partial charge in [0.25, 0.3) is 0 Å². The first-order valence-corrected chi connectivity index (χ1v) is 19.7. The lowest BCUT2D eigenvalue weighted by atomic mass is 9.93. The van der Waals surface area contributed by atoms with Gasteiger partial charge in [0.05, 0.1) is 22.4 Å². The molecule has 0 aliphatic carbocycles. The molecule has 10 rings (SSSR count). The standard InChI is InChI=1S/C54H40N4/c1-37-34-48(51-36-50(40-17-7-3-8-18-40)55-54(56-51)41-19-9-4-10-20-41)38(2)33-47(37)39-27-29-44(30-28-39)58-52-26-16-15-25-46(52)49-35-45(31-32-53(49)58)57(42-21-11-5-12-22-42)43-23-13-6-14-24-43/h3-36H,1-2H3. The van der Waals surface area contributed by atoms with Crippen LogP contribution in [0.1, 0.15) is 11.1 Å². The molecule has 0 fully saturated rings. The number of anilines is 3. The summed E-state index contributed by atoms with van der Waals surface area (Å²) in [6.45, 7) is 4.38. The Morgan fingerprint density at radius 3 is 1.59 bits per heavy atom. The summed E-state index contributed by atoms with van der Waals surface area (Å²) in [6, 6.07) is 73.0. The molecule has 4 heteroatoms. The molecule has 8 aromatic carbocycles. The molecule has 0 spiro atoms. The van der Waals surface area contributed by atoms with E-state index >= 15 is 0 Å². The maximum Gasteiger partial charge on any atom is 0.160 e. The SMILES string of the molecule is Cc1cc(-c2cc(-c3ccccc3)nc(-c3ccccc3)n2)c(C)cc1-c1ccc(-n2c3ccccc3c3cc(N(c4ccccc4)c4ccccc4)ccc32)cc1. The van der Waals surface area contributed by atoms with Gasteiger partial charge >= 0.3 is 0 Å². The maximum absolute atomic E-state index is 5.12. The molecule has 10 aromatic rings. The van der Waals surface area contributed by atoms with E-state index in [1.807, 2.05) is 24.3 Å². The van der Waals surface area contributed by atoms with Gasteiger partial charge in [-0.3, -0.25) is 0 Å². The first-order chi connectivity index (χ1) is 28.6. The van der Waals surface area contributed by atoms with Gasteiger partial charge in [0, 0.05) is 50.2 Å². The number of aryl methyl sites for hydroxylation is 2. The Hall–Kier alpha value is -7.56. The molecule has 58 heavy (non-hydrogen) atoms. The highest BCUT2D eigenvalue weighted by molar-refractivity contribution is 6.10. The van der Waals surface area contributed by atoms with E-state index in [1.165, 1.54) is 44.1 Å². The van der Waals surface area contributed by atoms with E-state index in [1.54, 1.807) is 0 Å². The van der Waals surface area contributed by atoms with Crippen molar-refractivity contribution in [2.75, 3.05) is 4.90 Å². The summed E-state index contributed by atoms with van der Waals surface area (Å²) in [5, 5.41) is 2.44. The minimum absolute atomic E-state index is 0.722. The van der Waals surface area contributed by atoms with Crippen molar-refractivity contribution in [1.29, 1.82) is 0 Å². The molecule has 0 aliphatic rings. The molecule has 0 aliphatic heterocycles. The number of nitrogens with zero attached hydrogens (tertiary/aromatic N) is 4. The zero-order valence-electron chi connectivity index (χ0n) is 32.4. The lowest BCUT2D eigenvalue weighted by molar-refractivity contribution is 1.18. The fourth-order valence-corrected chi connectivity index (χ4v) is 8.23. The summed E-state index contributed by atoms with van der Waals surface area (Å²) >= 11 is 0. The van der Waals surface area contributed by atoms with Crippen LogP contribution in [0, 0.1) is 13.8 Å². The van der Waals surface area contributed by atoms with Crippen molar-refractivity contribution < 1.29 is 0 Å². The van der Waals surface area contributed by atoms with Gasteiger partial charge in [0.15, 0.2) is 5.82 Å². The monoisotopic (exact) mass is 744 g/mol. The van der Waals surface area contributed by atoms with Crippen LogP contribution in [0.5, 0.6) is 0 Å². The number of aromatic nitrogens is 3. The van der Waals surface area contributed by atoms with Crippen LogP contribution in [0.2, 0.25) is 0 Å². The van der Waals surface area contributed by atoms with Crippen LogP contribution in [0.3, 0.4) is 0 Å². The minimum atomic E-state index is 0.722. The Kier molecular flexibility index (Phi) is 8.92. The van der Waals surface area contributed by atoms with Gasteiger partial charge in [-0.2, -0.15) is 0 Å². The maximum atomic E-state index is 5.12.